The molecule has 4 aliphatic heterocycles. The molecule has 136 valence electrons. The Bertz CT molecular complexity index is 679. The van der Waals surface area contributed by atoms with Gasteiger partial charge in [-0.1, -0.05) is 0 Å². The number of nitrogens with zero attached hydrogens (tertiary/aromatic N) is 1. The highest BCUT2D eigenvalue weighted by molar-refractivity contribution is 7.14. The van der Waals surface area contributed by atoms with Crippen LogP contribution in [-0.2, 0) is 21.5 Å². The third-order valence-electron chi connectivity index (χ3n) is 6.57. The summed E-state index contributed by atoms with van der Waals surface area (Å²) in [5, 5.41) is 9.32. The second-order valence-electron chi connectivity index (χ2n) is 8.03. The molecule has 5 rings (SSSR count). The van der Waals surface area contributed by atoms with Crippen molar-refractivity contribution in [1.82, 2.24) is 4.90 Å². The van der Waals surface area contributed by atoms with Crippen molar-refractivity contribution in [1.29, 1.82) is 0 Å². The number of piperidine rings is 1. The van der Waals surface area contributed by atoms with Crippen LogP contribution in [0.4, 0.5) is 0 Å². The quantitative estimate of drug-likeness (QED) is 0.895. The number of rotatable bonds is 3. The van der Waals surface area contributed by atoms with Gasteiger partial charge >= 0.3 is 5.97 Å². The lowest BCUT2D eigenvalue weighted by atomic mass is 9.84. The molecule has 25 heavy (non-hydrogen) atoms. The number of aromatic carboxylic acids is 1. The van der Waals surface area contributed by atoms with Crippen molar-refractivity contribution < 1.29 is 19.4 Å². The molecule has 3 saturated heterocycles. The lowest BCUT2D eigenvalue weighted by Crippen LogP contribution is -2.47. The summed E-state index contributed by atoms with van der Waals surface area (Å²) in [6.45, 7) is 3.93. The fourth-order valence-electron chi connectivity index (χ4n) is 5.26. The second-order valence-corrected chi connectivity index (χ2v) is 9.09. The first kappa shape index (κ1) is 16.2. The highest BCUT2D eigenvalue weighted by Crippen LogP contribution is 2.46. The Balaban J connectivity index is 1.28. The van der Waals surface area contributed by atoms with Gasteiger partial charge in [-0.3, -0.25) is 0 Å². The van der Waals surface area contributed by atoms with Crippen molar-refractivity contribution in [2.75, 3.05) is 26.2 Å². The zero-order valence-electron chi connectivity index (χ0n) is 14.4. The summed E-state index contributed by atoms with van der Waals surface area (Å²) in [6, 6.07) is 1.87. The van der Waals surface area contributed by atoms with E-state index >= 15 is 0 Å². The van der Waals surface area contributed by atoms with Crippen LogP contribution in [0.15, 0.2) is 6.07 Å². The van der Waals surface area contributed by atoms with Gasteiger partial charge in [0.15, 0.2) is 0 Å². The molecular formula is C19H25NO4S. The molecule has 0 saturated carbocycles. The van der Waals surface area contributed by atoms with Crippen LogP contribution in [0.25, 0.3) is 0 Å². The molecule has 0 aromatic carbocycles. The molecule has 3 fully saturated rings. The molecule has 5 heterocycles. The molecule has 0 amide bonds. The molecule has 1 aromatic heterocycles. The normalized spacial score (nSPS) is 33.7. The molecule has 0 radical (unpaired) electrons. The Kier molecular flexibility index (Phi) is 3.93. The Morgan fingerprint density at radius 2 is 2.20 bits per heavy atom. The minimum Gasteiger partial charge on any atom is -0.477 e. The number of carbonyl (C=O) groups is 1. The summed E-state index contributed by atoms with van der Waals surface area (Å²) in [6.07, 6.45) is 7.54. The smallest absolute Gasteiger partial charge is 0.345 e. The molecular weight excluding hydrogens is 338 g/mol. The number of ether oxygens (including phenoxy) is 2. The Morgan fingerprint density at radius 1 is 1.36 bits per heavy atom. The average molecular weight is 363 g/mol. The standard InChI is InChI=1S/C19H25NO4S/c21-18(22)16-10-12-3-8-23-19(17(12)25-16)4-6-20(7-5-19)11-13-9-14-1-2-15(13)24-14/h10,13-15H,1-9,11H2,(H,21,22)/t13-,14+,15-/m1/s1. The van der Waals surface area contributed by atoms with Crippen molar-refractivity contribution in [3.63, 3.8) is 0 Å². The number of hydrogen-bond donors (Lipinski definition) is 1. The lowest BCUT2D eigenvalue weighted by molar-refractivity contribution is -0.0969. The largest absolute Gasteiger partial charge is 0.477 e. The molecule has 1 aromatic rings. The first-order valence-electron chi connectivity index (χ1n) is 9.51. The van der Waals surface area contributed by atoms with Gasteiger partial charge in [0, 0.05) is 30.4 Å². The molecule has 1 N–H and O–H groups in total. The fourth-order valence-corrected chi connectivity index (χ4v) is 6.51. The van der Waals surface area contributed by atoms with Gasteiger partial charge in [-0.25, -0.2) is 4.79 Å². The minimum atomic E-state index is -0.816. The molecule has 3 atom stereocenters. The summed E-state index contributed by atoms with van der Waals surface area (Å²) < 4.78 is 12.3. The van der Waals surface area contributed by atoms with Crippen LogP contribution in [0.1, 0.15) is 52.2 Å². The monoisotopic (exact) mass is 363 g/mol. The number of carboxylic acid groups (broad SMARTS) is 1. The van der Waals surface area contributed by atoms with Gasteiger partial charge < -0.3 is 19.5 Å². The van der Waals surface area contributed by atoms with Crippen LogP contribution in [0.2, 0.25) is 0 Å². The van der Waals surface area contributed by atoms with E-state index < -0.39 is 5.97 Å². The summed E-state index contributed by atoms with van der Waals surface area (Å²) in [4.78, 5) is 15.6. The van der Waals surface area contributed by atoms with Crippen molar-refractivity contribution in [3.05, 3.63) is 21.4 Å². The van der Waals surface area contributed by atoms with Crippen LogP contribution in [0, 0.1) is 5.92 Å². The summed E-state index contributed by atoms with van der Waals surface area (Å²) in [5.74, 6) is -0.112. The van der Waals surface area contributed by atoms with Crippen LogP contribution in [-0.4, -0.2) is 54.4 Å². The van der Waals surface area contributed by atoms with Crippen LogP contribution >= 0.6 is 11.3 Å². The third kappa shape index (κ3) is 2.74. The number of fused-ring (bicyclic) bond motifs is 4. The molecule has 1 spiro atoms. The molecule has 4 aliphatic rings. The number of likely N-dealkylation sites (tertiary alicyclic amines) is 1. The topological polar surface area (TPSA) is 59.0 Å². The highest BCUT2D eigenvalue weighted by atomic mass is 32.1. The van der Waals surface area contributed by atoms with Crippen molar-refractivity contribution in [2.24, 2.45) is 5.92 Å². The average Bonchev–Trinajstić information content (AvgIpc) is 3.32. The van der Waals surface area contributed by atoms with E-state index in [0.29, 0.717) is 29.6 Å². The molecule has 6 heteroatoms. The first-order valence-corrected chi connectivity index (χ1v) is 10.3. The van der Waals surface area contributed by atoms with Crippen LogP contribution in [0.5, 0.6) is 0 Å². The van der Waals surface area contributed by atoms with Crippen LogP contribution < -0.4 is 0 Å². The van der Waals surface area contributed by atoms with E-state index in [9.17, 15) is 9.90 Å². The van der Waals surface area contributed by atoms with Gasteiger partial charge in [-0.2, -0.15) is 0 Å². The molecule has 2 bridgehead atoms. The lowest BCUT2D eigenvalue weighted by Gasteiger charge is -2.44. The number of carboxylic acids is 1. The minimum absolute atomic E-state index is 0.242. The Labute approximate surface area is 151 Å². The van der Waals surface area contributed by atoms with E-state index in [1.54, 1.807) is 0 Å². The van der Waals surface area contributed by atoms with Crippen LogP contribution in [0.3, 0.4) is 0 Å². The highest BCUT2D eigenvalue weighted by Gasteiger charge is 2.45. The van der Waals surface area contributed by atoms with E-state index in [4.69, 9.17) is 9.47 Å². The van der Waals surface area contributed by atoms with Gasteiger partial charge in [0.05, 0.1) is 18.8 Å². The molecule has 0 unspecified atom stereocenters. The van der Waals surface area contributed by atoms with Gasteiger partial charge in [0.25, 0.3) is 0 Å². The predicted octanol–water partition coefficient (Wildman–Crippen LogP) is 2.88. The van der Waals surface area contributed by atoms with E-state index in [1.807, 2.05) is 6.07 Å². The van der Waals surface area contributed by atoms with E-state index in [2.05, 4.69) is 4.90 Å². The molecule has 5 nitrogen and oxygen atoms in total. The predicted molar refractivity (Wildman–Crippen MR) is 94.3 cm³/mol. The van der Waals surface area contributed by atoms with Crippen molar-refractivity contribution in [3.8, 4) is 0 Å². The van der Waals surface area contributed by atoms with E-state index in [1.165, 1.54) is 41.0 Å². The number of hydrogen-bond acceptors (Lipinski definition) is 5. The Hall–Kier alpha value is -0.950. The summed E-state index contributed by atoms with van der Waals surface area (Å²) in [5.41, 5.74) is 0.955. The van der Waals surface area contributed by atoms with Crippen molar-refractivity contribution >= 4 is 17.3 Å². The first-order chi connectivity index (χ1) is 12.1. The zero-order valence-corrected chi connectivity index (χ0v) is 15.2. The second kappa shape index (κ2) is 6.05. The van der Waals surface area contributed by atoms with Gasteiger partial charge in [0.2, 0.25) is 0 Å². The van der Waals surface area contributed by atoms with Gasteiger partial charge in [-0.05, 0) is 50.2 Å². The fraction of sp³-hybridized carbons (Fsp3) is 0.737. The molecule has 0 aliphatic carbocycles. The maximum Gasteiger partial charge on any atom is 0.345 e. The van der Waals surface area contributed by atoms with Crippen molar-refractivity contribution in [2.45, 2.75) is 56.3 Å². The van der Waals surface area contributed by atoms with E-state index in [-0.39, 0.29) is 5.60 Å². The SMILES string of the molecule is O=C(O)c1cc2c(s1)C1(CCN(C[C@H]3C[C@@H]4CC[C@H]3O4)CC1)OCC2. The maximum atomic E-state index is 11.3. The van der Waals surface area contributed by atoms with Gasteiger partial charge in [0.1, 0.15) is 10.5 Å². The maximum absolute atomic E-state index is 11.3. The summed E-state index contributed by atoms with van der Waals surface area (Å²) >= 11 is 1.43. The van der Waals surface area contributed by atoms with Gasteiger partial charge in [-0.15, -0.1) is 11.3 Å². The third-order valence-corrected chi connectivity index (χ3v) is 7.92. The number of thiophene rings is 1. The Morgan fingerprint density at radius 3 is 2.88 bits per heavy atom. The zero-order chi connectivity index (χ0) is 17.0. The summed E-state index contributed by atoms with van der Waals surface area (Å²) in [7, 11) is 0. The van der Waals surface area contributed by atoms with E-state index in [0.717, 1.165) is 38.9 Å².